The van der Waals surface area contributed by atoms with E-state index < -0.39 is 7.60 Å². The van der Waals surface area contributed by atoms with Crippen LogP contribution in [-0.4, -0.2) is 9.79 Å². The summed E-state index contributed by atoms with van der Waals surface area (Å²) in [5.41, 5.74) is 0.824. The minimum atomic E-state index is -4.04. The van der Waals surface area contributed by atoms with Gasteiger partial charge in [-0.15, -0.1) is 11.3 Å². The maximum absolute atomic E-state index is 11.1. The van der Waals surface area contributed by atoms with Crippen LogP contribution in [0.3, 0.4) is 0 Å². The van der Waals surface area contributed by atoms with Crippen LogP contribution in [0.2, 0.25) is 0 Å². The highest BCUT2D eigenvalue weighted by molar-refractivity contribution is 7.67. The van der Waals surface area contributed by atoms with Crippen LogP contribution in [0.1, 0.15) is 38.2 Å². The molecule has 0 aromatic carbocycles. The third-order valence-corrected chi connectivity index (χ3v) is 4.89. The average molecular weight is 248 g/mol. The fourth-order valence-corrected chi connectivity index (χ4v) is 3.49. The van der Waals surface area contributed by atoms with E-state index >= 15 is 0 Å². The maximum Gasteiger partial charge on any atom is 0.366 e. The summed E-state index contributed by atoms with van der Waals surface area (Å²) < 4.78 is 11.4. The molecule has 0 bridgehead atoms. The molecule has 1 aromatic heterocycles. The van der Waals surface area contributed by atoms with Crippen LogP contribution >= 0.6 is 18.9 Å². The minimum Gasteiger partial charge on any atom is -0.320 e. The van der Waals surface area contributed by atoms with Crippen molar-refractivity contribution in [3.63, 3.8) is 0 Å². The van der Waals surface area contributed by atoms with Gasteiger partial charge in [0, 0.05) is 0 Å². The number of rotatable bonds is 6. The molecule has 0 saturated carbocycles. The van der Waals surface area contributed by atoms with E-state index in [-0.39, 0.29) is 4.62 Å². The molecule has 0 aliphatic heterocycles. The van der Waals surface area contributed by atoms with Crippen molar-refractivity contribution in [2.75, 3.05) is 0 Å². The lowest BCUT2D eigenvalue weighted by molar-refractivity contribution is 0.388. The van der Waals surface area contributed by atoms with Crippen molar-refractivity contribution < 1.29 is 14.4 Å². The molecule has 86 valence electrons. The molecule has 1 aromatic rings. The number of hydrogen-bond acceptors (Lipinski definition) is 2. The SMILES string of the molecule is CCCCCCc1ccsc1P(=O)(O)O. The number of unbranched alkanes of at least 4 members (excludes halogenated alkanes) is 3. The molecule has 0 aliphatic carbocycles. The molecule has 1 heterocycles. The molecule has 3 nitrogen and oxygen atoms in total. The number of hydrogen-bond donors (Lipinski definition) is 2. The second-order valence-corrected chi connectivity index (χ2v) is 6.36. The van der Waals surface area contributed by atoms with Gasteiger partial charge in [-0.25, -0.2) is 0 Å². The first-order valence-corrected chi connectivity index (χ1v) is 7.67. The predicted molar refractivity (Wildman–Crippen MR) is 63.8 cm³/mol. The monoisotopic (exact) mass is 248 g/mol. The summed E-state index contributed by atoms with van der Waals surface area (Å²) in [5, 5.41) is 1.75. The van der Waals surface area contributed by atoms with Crippen molar-refractivity contribution in [3.8, 4) is 0 Å². The number of thiophene rings is 1. The smallest absolute Gasteiger partial charge is 0.320 e. The zero-order chi connectivity index (χ0) is 11.3. The van der Waals surface area contributed by atoms with E-state index in [0.29, 0.717) is 0 Å². The normalized spacial score (nSPS) is 11.9. The first-order chi connectivity index (χ1) is 7.05. The van der Waals surface area contributed by atoms with Gasteiger partial charge in [0.15, 0.2) is 0 Å². The van der Waals surface area contributed by atoms with Crippen LogP contribution in [0.4, 0.5) is 0 Å². The quantitative estimate of drug-likeness (QED) is 0.601. The second-order valence-electron chi connectivity index (χ2n) is 3.61. The van der Waals surface area contributed by atoms with E-state index in [1.54, 1.807) is 5.38 Å². The first kappa shape index (κ1) is 12.9. The molecule has 0 radical (unpaired) electrons. The van der Waals surface area contributed by atoms with Gasteiger partial charge in [0.05, 0.1) is 0 Å². The molecule has 0 spiro atoms. The molecular weight excluding hydrogens is 231 g/mol. The summed E-state index contributed by atoms with van der Waals surface area (Å²) in [6, 6.07) is 1.82. The van der Waals surface area contributed by atoms with E-state index in [0.717, 1.165) is 36.2 Å². The highest BCUT2D eigenvalue weighted by Gasteiger charge is 2.22. The largest absolute Gasteiger partial charge is 0.366 e. The van der Waals surface area contributed by atoms with Gasteiger partial charge in [-0.05, 0) is 29.9 Å². The third kappa shape index (κ3) is 4.07. The molecule has 15 heavy (non-hydrogen) atoms. The van der Waals surface area contributed by atoms with Gasteiger partial charge < -0.3 is 9.79 Å². The fourth-order valence-electron chi connectivity index (χ4n) is 1.52. The molecule has 0 saturated heterocycles. The Kier molecular flexibility index (Phi) is 5.00. The van der Waals surface area contributed by atoms with Crippen molar-refractivity contribution in [3.05, 3.63) is 17.0 Å². The van der Waals surface area contributed by atoms with Gasteiger partial charge in [0.1, 0.15) is 4.62 Å². The fraction of sp³-hybridized carbons (Fsp3) is 0.600. The van der Waals surface area contributed by atoms with Gasteiger partial charge in [0.2, 0.25) is 0 Å². The second kappa shape index (κ2) is 5.80. The minimum absolute atomic E-state index is 0.249. The Balaban J connectivity index is 2.55. The molecule has 5 heteroatoms. The van der Waals surface area contributed by atoms with E-state index in [9.17, 15) is 4.57 Å². The van der Waals surface area contributed by atoms with Crippen molar-refractivity contribution in [2.24, 2.45) is 0 Å². The highest BCUT2D eigenvalue weighted by Crippen LogP contribution is 2.37. The standard InChI is InChI=1S/C10H17O3PS/c1-2-3-4-5-6-9-7-8-15-10(9)14(11,12)13/h7-8H,2-6H2,1H3,(H2,11,12,13). The summed E-state index contributed by atoms with van der Waals surface area (Å²) in [6.07, 6.45) is 5.29. The molecular formula is C10H17O3PS. The van der Waals surface area contributed by atoms with E-state index in [1.165, 1.54) is 12.8 Å². The Morgan fingerprint density at radius 3 is 2.67 bits per heavy atom. The Morgan fingerprint density at radius 2 is 2.07 bits per heavy atom. The summed E-state index contributed by atoms with van der Waals surface area (Å²) in [6.45, 7) is 2.14. The zero-order valence-electron chi connectivity index (χ0n) is 8.85. The van der Waals surface area contributed by atoms with Crippen LogP contribution in [0.15, 0.2) is 11.4 Å². The Labute approximate surface area is 94.3 Å². The number of aryl methyl sites for hydroxylation is 1. The third-order valence-electron chi connectivity index (χ3n) is 2.29. The van der Waals surface area contributed by atoms with Gasteiger partial charge in [-0.2, -0.15) is 0 Å². The van der Waals surface area contributed by atoms with Crippen molar-refractivity contribution in [1.82, 2.24) is 0 Å². The van der Waals surface area contributed by atoms with Crippen LogP contribution < -0.4 is 4.62 Å². The van der Waals surface area contributed by atoms with Crippen LogP contribution in [0.5, 0.6) is 0 Å². The van der Waals surface area contributed by atoms with Crippen LogP contribution in [0.25, 0.3) is 0 Å². The Bertz CT molecular complexity index is 342. The summed E-state index contributed by atoms with van der Waals surface area (Å²) in [4.78, 5) is 18.2. The summed E-state index contributed by atoms with van der Waals surface area (Å²) in [7, 11) is -4.04. The lowest BCUT2D eigenvalue weighted by atomic mass is 10.1. The lowest BCUT2D eigenvalue weighted by Gasteiger charge is -2.05. The van der Waals surface area contributed by atoms with Gasteiger partial charge in [-0.3, -0.25) is 4.57 Å². The maximum atomic E-state index is 11.1. The molecule has 0 atom stereocenters. The Hall–Kier alpha value is -0.150. The van der Waals surface area contributed by atoms with Gasteiger partial charge in [0.25, 0.3) is 0 Å². The molecule has 0 fully saturated rings. The van der Waals surface area contributed by atoms with Gasteiger partial charge in [-0.1, -0.05) is 26.2 Å². The molecule has 2 N–H and O–H groups in total. The van der Waals surface area contributed by atoms with Crippen molar-refractivity contribution >= 4 is 23.6 Å². The molecule has 1 rings (SSSR count). The average Bonchev–Trinajstić information content (AvgIpc) is 2.59. The summed E-state index contributed by atoms with van der Waals surface area (Å²) in [5.74, 6) is 0. The topological polar surface area (TPSA) is 57.5 Å². The molecule has 0 amide bonds. The summed E-state index contributed by atoms with van der Waals surface area (Å²) >= 11 is 1.16. The zero-order valence-corrected chi connectivity index (χ0v) is 10.6. The van der Waals surface area contributed by atoms with Crippen molar-refractivity contribution in [1.29, 1.82) is 0 Å². The predicted octanol–water partition coefficient (Wildman–Crippen LogP) is 2.67. The Morgan fingerprint density at radius 1 is 1.33 bits per heavy atom. The molecule has 0 aliphatic rings. The molecule has 0 unspecified atom stereocenters. The van der Waals surface area contributed by atoms with Crippen molar-refractivity contribution in [2.45, 2.75) is 39.0 Å². The van der Waals surface area contributed by atoms with E-state index in [2.05, 4.69) is 6.92 Å². The van der Waals surface area contributed by atoms with Gasteiger partial charge >= 0.3 is 7.60 Å². The van der Waals surface area contributed by atoms with Crippen LogP contribution in [-0.2, 0) is 11.0 Å². The first-order valence-electron chi connectivity index (χ1n) is 5.18. The van der Waals surface area contributed by atoms with E-state index in [1.807, 2.05) is 6.07 Å². The van der Waals surface area contributed by atoms with E-state index in [4.69, 9.17) is 9.79 Å². The lowest BCUT2D eigenvalue weighted by Crippen LogP contribution is -2.04. The highest BCUT2D eigenvalue weighted by atomic mass is 32.1. The van der Waals surface area contributed by atoms with Crippen LogP contribution in [0, 0.1) is 0 Å².